The lowest BCUT2D eigenvalue weighted by Crippen LogP contribution is -2.19. The highest BCUT2D eigenvalue weighted by Crippen LogP contribution is 2.24. The van der Waals surface area contributed by atoms with Crippen LogP contribution in [0.15, 0.2) is 30.3 Å². The Morgan fingerprint density at radius 3 is 2.50 bits per heavy atom. The maximum absolute atomic E-state index is 12.3. The molecular weight excluding hydrogens is 224 g/mol. The minimum absolute atomic E-state index is 0.188. The summed E-state index contributed by atoms with van der Waals surface area (Å²) in [5, 5.41) is 0. The van der Waals surface area contributed by atoms with Crippen molar-refractivity contribution in [2.45, 2.75) is 58.5 Å². The van der Waals surface area contributed by atoms with E-state index in [0.29, 0.717) is 6.42 Å². The zero-order valence-corrected chi connectivity index (χ0v) is 11.6. The molecule has 0 aliphatic heterocycles. The Kier molecular flexibility index (Phi) is 5.77. The zero-order valence-electron chi connectivity index (χ0n) is 12.6. The van der Waals surface area contributed by atoms with Crippen LogP contribution in [0.2, 0.25) is 0 Å². The van der Waals surface area contributed by atoms with Gasteiger partial charge in [0.2, 0.25) is 0 Å². The first kappa shape index (κ1) is 13.1. The topological polar surface area (TPSA) is 26.3 Å². The molecule has 2 nitrogen and oxygen atoms in total. The van der Waals surface area contributed by atoms with Crippen molar-refractivity contribution in [3.8, 4) is 0 Å². The fourth-order valence-corrected chi connectivity index (χ4v) is 1.84. The molecule has 18 heavy (non-hydrogen) atoms. The van der Waals surface area contributed by atoms with Crippen LogP contribution in [0.1, 0.15) is 59.3 Å². The van der Waals surface area contributed by atoms with Crippen molar-refractivity contribution in [2.75, 3.05) is 0 Å². The average Bonchev–Trinajstić information content (AvgIpc) is 2.39. The van der Waals surface area contributed by atoms with Crippen LogP contribution in [0, 0.1) is 0 Å². The molecule has 1 rings (SSSR count). The molecule has 0 radical (unpaired) electrons. The molecule has 1 atom stereocenters. The monoisotopic (exact) mass is 249 g/mol. The highest BCUT2D eigenvalue weighted by Gasteiger charge is 2.22. The van der Waals surface area contributed by atoms with Crippen molar-refractivity contribution in [1.29, 1.82) is 0 Å². The van der Waals surface area contributed by atoms with Gasteiger partial charge in [-0.2, -0.15) is 0 Å². The van der Waals surface area contributed by atoms with Gasteiger partial charge in [0, 0.05) is 1.37 Å². The first-order valence-electron chi connectivity index (χ1n) is 7.27. The highest BCUT2D eigenvalue weighted by molar-refractivity contribution is 5.78. The molecule has 0 fully saturated rings. The molecule has 0 heterocycles. The fourth-order valence-electron chi connectivity index (χ4n) is 1.84. The van der Waals surface area contributed by atoms with Gasteiger partial charge in [0.25, 0.3) is 0 Å². The molecule has 0 aliphatic carbocycles. The largest absolute Gasteiger partial charge is 0.463 e. The summed E-state index contributed by atoms with van der Waals surface area (Å²) in [5.74, 6) is -1.72. The van der Waals surface area contributed by atoms with Crippen molar-refractivity contribution in [3.05, 3.63) is 35.9 Å². The Morgan fingerprint density at radius 1 is 1.28 bits per heavy atom. The van der Waals surface area contributed by atoms with E-state index in [2.05, 4.69) is 6.92 Å². The molecule has 0 aliphatic rings. The number of ether oxygens (including phenoxy) is 1. The van der Waals surface area contributed by atoms with Crippen molar-refractivity contribution in [2.24, 2.45) is 0 Å². The first-order valence-corrected chi connectivity index (χ1v) is 6.77. The Balaban J connectivity index is 2.93. The third-order valence-electron chi connectivity index (χ3n) is 2.74. The Hall–Kier alpha value is -1.31. The van der Waals surface area contributed by atoms with Gasteiger partial charge < -0.3 is 4.74 Å². The Morgan fingerprint density at radius 2 is 1.94 bits per heavy atom. The zero-order chi connectivity index (χ0) is 14.3. The summed E-state index contributed by atoms with van der Waals surface area (Å²) in [6, 6.07) is 9.28. The lowest BCUT2D eigenvalue weighted by atomic mass is 9.93. The second kappa shape index (κ2) is 7.91. The van der Waals surface area contributed by atoms with Crippen LogP contribution >= 0.6 is 0 Å². The Bertz CT molecular complexity index is 389. The number of carbonyl (C=O) groups excluding carboxylic acids is 1. The second-order valence-corrected chi connectivity index (χ2v) is 4.76. The number of benzene rings is 1. The van der Waals surface area contributed by atoms with Crippen molar-refractivity contribution in [3.63, 3.8) is 0 Å². The summed E-state index contributed by atoms with van der Waals surface area (Å²) in [6.45, 7) is 5.74. The van der Waals surface area contributed by atoms with Crippen LogP contribution in [0.4, 0.5) is 0 Å². The lowest BCUT2D eigenvalue weighted by Gasteiger charge is -2.18. The molecule has 0 saturated carbocycles. The summed E-state index contributed by atoms with van der Waals surface area (Å²) < 4.78 is 13.8. The number of hydrogen-bond donors (Lipinski definition) is 0. The van der Waals surface area contributed by atoms with Gasteiger partial charge in [0.1, 0.15) is 0 Å². The van der Waals surface area contributed by atoms with Crippen molar-refractivity contribution >= 4 is 5.97 Å². The molecule has 0 N–H and O–H groups in total. The Labute approximate surface area is 112 Å². The fraction of sp³-hybridized carbons (Fsp3) is 0.562. The number of esters is 1. The molecule has 100 valence electrons. The smallest absolute Gasteiger partial charge is 0.313 e. The molecule has 0 bridgehead atoms. The van der Waals surface area contributed by atoms with Crippen LogP contribution < -0.4 is 0 Å². The van der Waals surface area contributed by atoms with E-state index in [4.69, 9.17) is 6.11 Å². The van der Waals surface area contributed by atoms with E-state index >= 15 is 0 Å². The summed E-state index contributed by atoms with van der Waals surface area (Å²) in [4.78, 5) is 12.3. The lowest BCUT2D eigenvalue weighted by molar-refractivity contribution is -0.149. The third-order valence-corrected chi connectivity index (χ3v) is 2.74. The maximum Gasteiger partial charge on any atom is 0.313 e. The highest BCUT2D eigenvalue weighted by atomic mass is 16.5. The summed E-state index contributed by atoms with van der Waals surface area (Å²) >= 11 is 0. The van der Waals surface area contributed by atoms with Crippen LogP contribution in [-0.2, 0) is 9.53 Å². The molecule has 1 unspecified atom stereocenters. The van der Waals surface area contributed by atoms with Gasteiger partial charge >= 0.3 is 5.97 Å². The van der Waals surface area contributed by atoms with Gasteiger partial charge in [0.15, 0.2) is 0 Å². The van der Waals surface area contributed by atoms with E-state index in [0.717, 1.165) is 24.8 Å². The SMILES string of the molecule is [2H]C(CCCCC)(C(=O)OC(C)C)c1ccccc1. The number of hydrogen-bond acceptors (Lipinski definition) is 2. The quantitative estimate of drug-likeness (QED) is 0.532. The molecule has 0 saturated heterocycles. The summed E-state index contributed by atoms with van der Waals surface area (Å²) in [5.41, 5.74) is 0.719. The van der Waals surface area contributed by atoms with E-state index in [1.807, 2.05) is 44.2 Å². The maximum atomic E-state index is 12.3. The standard InChI is InChI=1S/C16H24O2/c1-4-5-7-12-15(16(17)18-13(2)3)14-10-8-6-9-11-14/h6,8-11,13,15H,4-5,7,12H2,1-3H3/i15D. The summed E-state index contributed by atoms with van der Waals surface area (Å²) in [6.07, 6.45) is 3.29. The van der Waals surface area contributed by atoms with E-state index < -0.39 is 11.9 Å². The van der Waals surface area contributed by atoms with Gasteiger partial charge in [-0.05, 0) is 25.8 Å². The van der Waals surface area contributed by atoms with Crippen LogP contribution in [-0.4, -0.2) is 12.1 Å². The van der Waals surface area contributed by atoms with Gasteiger partial charge in [-0.15, -0.1) is 0 Å². The number of carbonyl (C=O) groups is 1. The number of rotatable bonds is 7. The van der Waals surface area contributed by atoms with Gasteiger partial charge in [-0.1, -0.05) is 56.5 Å². The van der Waals surface area contributed by atoms with Gasteiger partial charge in [-0.25, -0.2) is 0 Å². The van der Waals surface area contributed by atoms with Crippen molar-refractivity contribution < 1.29 is 10.9 Å². The molecule has 0 aromatic heterocycles. The van der Waals surface area contributed by atoms with E-state index in [-0.39, 0.29) is 6.10 Å². The number of unbranched alkanes of at least 4 members (excludes halogenated alkanes) is 2. The predicted molar refractivity (Wildman–Crippen MR) is 74.6 cm³/mol. The third kappa shape index (κ3) is 4.91. The van der Waals surface area contributed by atoms with Crippen molar-refractivity contribution in [1.82, 2.24) is 0 Å². The minimum atomic E-state index is -1.28. The minimum Gasteiger partial charge on any atom is -0.463 e. The normalized spacial score (nSPS) is 15.0. The van der Waals surface area contributed by atoms with Crippen LogP contribution in [0.3, 0.4) is 0 Å². The van der Waals surface area contributed by atoms with E-state index in [1.165, 1.54) is 0 Å². The predicted octanol–water partition coefficient (Wildman–Crippen LogP) is 4.30. The molecule has 0 spiro atoms. The van der Waals surface area contributed by atoms with Gasteiger partial charge in [-0.3, -0.25) is 4.79 Å². The second-order valence-electron chi connectivity index (χ2n) is 4.76. The summed E-state index contributed by atoms with van der Waals surface area (Å²) in [7, 11) is 0. The van der Waals surface area contributed by atoms with E-state index in [9.17, 15) is 4.79 Å². The molecule has 1 aromatic carbocycles. The molecule has 0 amide bonds. The molecule has 2 heteroatoms. The average molecular weight is 249 g/mol. The first-order chi connectivity index (χ1) is 9.00. The van der Waals surface area contributed by atoms with Crippen LogP contribution in [0.25, 0.3) is 0 Å². The van der Waals surface area contributed by atoms with Gasteiger partial charge in [0.05, 0.1) is 12.0 Å². The molecular formula is C16H24O2. The van der Waals surface area contributed by atoms with Crippen LogP contribution in [0.5, 0.6) is 0 Å². The van der Waals surface area contributed by atoms with E-state index in [1.54, 1.807) is 0 Å². The molecule has 1 aromatic rings.